The molecule has 0 unspecified atom stereocenters. The third-order valence-corrected chi connectivity index (χ3v) is 4.62. The van der Waals surface area contributed by atoms with Crippen LogP contribution in [0.4, 0.5) is 11.5 Å². The van der Waals surface area contributed by atoms with Crippen molar-refractivity contribution in [1.82, 2.24) is 4.98 Å². The summed E-state index contributed by atoms with van der Waals surface area (Å²) in [6.07, 6.45) is 6.89. The van der Waals surface area contributed by atoms with Gasteiger partial charge in [-0.3, -0.25) is 4.79 Å². The molecule has 1 aromatic heterocycles. The average Bonchev–Trinajstić information content (AvgIpc) is 3.52. The zero-order chi connectivity index (χ0) is 19.4. The number of nitrogens with two attached hydrogens (primary N) is 2. The summed E-state index contributed by atoms with van der Waals surface area (Å²) in [5, 5.41) is 5.97. The fourth-order valence-corrected chi connectivity index (χ4v) is 2.81. The number of allylic oxidation sites excluding steroid dienone is 2. The van der Waals surface area contributed by atoms with Crippen molar-refractivity contribution in [3.63, 3.8) is 0 Å². The Labute approximate surface area is 159 Å². The zero-order valence-electron chi connectivity index (χ0n) is 15.6. The molecular weight excluding hydrogens is 338 g/mol. The Bertz CT molecular complexity index is 913. The van der Waals surface area contributed by atoms with Gasteiger partial charge in [0.25, 0.3) is 0 Å². The summed E-state index contributed by atoms with van der Waals surface area (Å²) in [7, 11) is 1.87. The molecule has 0 saturated heterocycles. The molecule has 27 heavy (non-hydrogen) atoms. The standard InChI is InChI=1S/C21H25N5O/c1-13-3-6-17(24-2)11-18(13)19(23)9-16(12-22)15-7-8-25-20(10-15)26-21(27)14-4-5-14/h3,6-12,14,24H,4-5,22-23H2,1-2H3,(H,25,26,27)/b16-12+,19-9-. The number of hydrogen-bond acceptors (Lipinski definition) is 5. The number of pyridine rings is 1. The van der Waals surface area contributed by atoms with E-state index in [-0.39, 0.29) is 11.8 Å². The van der Waals surface area contributed by atoms with Crippen molar-refractivity contribution < 1.29 is 4.79 Å². The summed E-state index contributed by atoms with van der Waals surface area (Å²) in [4.78, 5) is 16.2. The summed E-state index contributed by atoms with van der Waals surface area (Å²) >= 11 is 0. The summed E-state index contributed by atoms with van der Waals surface area (Å²) in [6.45, 7) is 2.01. The Morgan fingerprint density at radius 2 is 2.04 bits per heavy atom. The lowest BCUT2D eigenvalue weighted by Gasteiger charge is -2.11. The van der Waals surface area contributed by atoms with Gasteiger partial charge in [-0.1, -0.05) is 6.07 Å². The van der Waals surface area contributed by atoms with E-state index in [1.807, 2.05) is 44.3 Å². The van der Waals surface area contributed by atoms with Gasteiger partial charge in [0.05, 0.1) is 0 Å². The summed E-state index contributed by atoms with van der Waals surface area (Å²) in [5.74, 6) is 0.662. The molecule has 6 heteroatoms. The van der Waals surface area contributed by atoms with Gasteiger partial charge in [0.1, 0.15) is 5.82 Å². The van der Waals surface area contributed by atoms with Crippen LogP contribution in [0.2, 0.25) is 0 Å². The van der Waals surface area contributed by atoms with Crippen LogP contribution in [0.1, 0.15) is 29.5 Å². The van der Waals surface area contributed by atoms with Gasteiger partial charge in [-0.2, -0.15) is 0 Å². The molecule has 3 rings (SSSR count). The van der Waals surface area contributed by atoms with Crippen LogP contribution in [0.25, 0.3) is 11.3 Å². The number of hydrogen-bond donors (Lipinski definition) is 4. The van der Waals surface area contributed by atoms with E-state index in [9.17, 15) is 4.79 Å². The van der Waals surface area contributed by atoms with Crippen molar-refractivity contribution in [3.05, 3.63) is 65.5 Å². The molecule has 0 bridgehead atoms. The highest BCUT2D eigenvalue weighted by molar-refractivity contribution is 5.94. The van der Waals surface area contributed by atoms with Gasteiger partial charge >= 0.3 is 0 Å². The number of carbonyl (C=O) groups is 1. The lowest BCUT2D eigenvalue weighted by molar-refractivity contribution is -0.117. The first-order valence-corrected chi connectivity index (χ1v) is 8.97. The Morgan fingerprint density at radius 3 is 2.70 bits per heavy atom. The number of rotatable bonds is 6. The lowest BCUT2D eigenvalue weighted by atomic mass is 10.0. The van der Waals surface area contributed by atoms with Crippen molar-refractivity contribution in [2.75, 3.05) is 17.7 Å². The predicted molar refractivity (Wildman–Crippen MR) is 111 cm³/mol. The van der Waals surface area contributed by atoms with Crippen molar-refractivity contribution in [2.24, 2.45) is 17.4 Å². The smallest absolute Gasteiger partial charge is 0.228 e. The van der Waals surface area contributed by atoms with E-state index >= 15 is 0 Å². The van der Waals surface area contributed by atoms with E-state index < -0.39 is 0 Å². The van der Waals surface area contributed by atoms with Crippen molar-refractivity contribution in [3.8, 4) is 0 Å². The van der Waals surface area contributed by atoms with Gasteiger partial charge in [-0.15, -0.1) is 0 Å². The molecule has 140 valence electrons. The highest BCUT2D eigenvalue weighted by Crippen LogP contribution is 2.30. The van der Waals surface area contributed by atoms with Crippen LogP contribution in [0.5, 0.6) is 0 Å². The normalized spacial score (nSPS) is 14.7. The minimum Gasteiger partial charge on any atom is -0.404 e. The second-order valence-corrected chi connectivity index (χ2v) is 6.69. The molecule has 1 saturated carbocycles. The predicted octanol–water partition coefficient (Wildman–Crippen LogP) is 3.08. The fraction of sp³-hybridized carbons (Fsp3) is 0.238. The maximum atomic E-state index is 12.0. The molecule has 1 amide bonds. The number of amides is 1. The molecule has 2 aromatic rings. The van der Waals surface area contributed by atoms with Crippen LogP contribution in [0, 0.1) is 12.8 Å². The molecular formula is C21H25N5O. The van der Waals surface area contributed by atoms with Gasteiger partial charge < -0.3 is 22.1 Å². The van der Waals surface area contributed by atoms with Crippen LogP contribution in [-0.4, -0.2) is 17.9 Å². The van der Waals surface area contributed by atoms with E-state index in [0.717, 1.165) is 40.8 Å². The minimum atomic E-state index is 0.0208. The molecule has 1 aromatic carbocycles. The van der Waals surface area contributed by atoms with Crippen molar-refractivity contribution in [1.29, 1.82) is 0 Å². The topological polar surface area (TPSA) is 106 Å². The summed E-state index contributed by atoms with van der Waals surface area (Å²) in [6, 6.07) is 9.67. The van der Waals surface area contributed by atoms with Crippen LogP contribution in [0.3, 0.4) is 0 Å². The highest BCUT2D eigenvalue weighted by atomic mass is 16.2. The first-order valence-electron chi connectivity index (χ1n) is 8.97. The summed E-state index contributed by atoms with van der Waals surface area (Å²) in [5.41, 5.74) is 17.4. The molecule has 1 fully saturated rings. The molecule has 1 aliphatic rings. The molecule has 0 atom stereocenters. The Morgan fingerprint density at radius 1 is 1.26 bits per heavy atom. The molecule has 0 spiro atoms. The maximum absolute atomic E-state index is 12.0. The molecule has 0 radical (unpaired) electrons. The van der Waals surface area contributed by atoms with Gasteiger partial charge in [0, 0.05) is 42.3 Å². The van der Waals surface area contributed by atoms with Crippen LogP contribution < -0.4 is 22.1 Å². The third-order valence-electron chi connectivity index (χ3n) is 4.62. The number of anilines is 2. The van der Waals surface area contributed by atoms with E-state index in [0.29, 0.717) is 11.5 Å². The second kappa shape index (κ2) is 7.95. The first-order chi connectivity index (χ1) is 13.0. The van der Waals surface area contributed by atoms with E-state index in [1.165, 1.54) is 6.20 Å². The number of benzene rings is 1. The Kier molecular flexibility index (Phi) is 5.45. The number of nitrogens with one attached hydrogen (secondary N) is 2. The highest BCUT2D eigenvalue weighted by Gasteiger charge is 2.29. The van der Waals surface area contributed by atoms with Gasteiger partial charge in [0.2, 0.25) is 5.91 Å². The molecule has 1 heterocycles. The first kappa shape index (κ1) is 18.5. The largest absolute Gasteiger partial charge is 0.404 e. The average molecular weight is 363 g/mol. The molecule has 6 nitrogen and oxygen atoms in total. The number of aromatic nitrogens is 1. The third kappa shape index (κ3) is 4.47. The lowest BCUT2D eigenvalue weighted by Crippen LogP contribution is -2.14. The fourth-order valence-electron chi connectivity index (χ4n) is 2.81. The van der Waals surface area contributed by atoms with Crippen molar-refractivity contribution >= 4 is 28.7 Å². The minimum absolute atomic E-state index is 0.0208. The second-order valence-electron chi connectivity index (χ2n) is 6.69. The molecule has 6 N–H and O–H groups in total. The SMILES string of the molecule is CNc1ccc(C)c(/C(N)=C/C(=C\N)c2ccnc(NC(=O)C3CC3)c2)c1. The van der Waals surface area contributed by atoms with Crippen LogP contribution in [-0.2, 0) is 4.79 Å². The van der Waals surface area contributed by atoms with Crippen LogP contribution in [0.15, 0.2) is 48.8 Å². The van der Waals surface area contributed by atoms with E-state index in [4.69, 9.17) is 11.5 Å². The number of carbonyl (C=O) groups excluding carboxylic acids is 1. The summed E-state index contributed by atoms with van der Waals surface area (Å²) < 4.78 is 0. The number of aryl methyl sites for hydroxylation is 1. The quantitative estimate of drug-likeness (QED) is 0.590. The number of nitrogens with zero attached hydrogens (tertiary/aromatic N) is 1. The van der Waals surface area contributed by atoms with Gasteiger partial charge in [-0.05, 0) is 66.8 Å². The Balaban J connectivity index is 1.86. The Hall–Kier alpha value is -3.28. The van der Waals surface area contributed by atoms with E-state index in [2.05, 4.69) is 15.6 Å². The van der Waals surface area contributed by atoms with Gasteiger partial charge in [-0.25, -0.2) is 4.98 Å². The van der Waals surface area contributed by atoms with Crippen LogP contribution >= 0.6 is 0 Å². The zero-order valence-corrected chi connectivity index (χ0v) is 15.6. The van der Waals surface area contributed by atoms with E-state index in [1.54, 1.807) is 12.3 Å². The molecule has 1 aliphatic carbocycles. The maximum Gasteiger partial charge on any atom is 0.228 e. The van der Waals surface area contributed by atoms with Crippen molar-refractivity contribution in [2.45, 2.75) is 19.8 Å². The molecule has 0 aliphatic heterocycles. The van der Waals surface area contributed by atoms with Gasteiger partial charge in [0.15, 0.2) is 0 Å². The monoisotopic (exact) mass is 363 g/mol.